The van der Waals surface area contributed by atoms with Crippen LogP contribution in [0.4, 0.5) is 0 Å². The van der Waals surface area contributed by atoms with Crippen LogP contribution in [0.25, 0.3) is 0 Å². The van der Waals surface area contributed by atoms with E-state index in [0.29, 0.717) is 0 Å². The molecule has 0 spiro atoms. The number of hydrogen-bond donors (Lipinski definition) is 0. The molecule has 100 valence electrons. The van der Waals surface area contributed by atoms with E-state index in [4.69, 9.17) is 4.12 Å². The third-order valence-electron chi connectivity index (χ3n) is 3.89. The monoisotopic (exact) mass is 272 g/mol. The van der Waals surface area contributed by atoms with Crippen molar-refractivity contribution in [3.63, 3.8) is 0 Å². The van der Waals surface area contributed by atoms with Crippen molar-refractivity contribution in [2.75, 3.05) is 26.2 Å². The van der Waals surface area contributed by atoms with Gasteiger partial charge in [-0.1, -0.05) is 0 Å². The first kappa shape index (κ1) is 13.7. The first-order chi connectivity index (χ1) is 7.92. The Morgan fingerprint density at radius 2 is 1.06 bits per heavy atom. The minimum atomic E-state index is -1.79. The summed E-state index contributed by atoms with van der Waals surface area (Å²) in [5, 5.41) is 0. The van der Waals surface area contributed by atoms with Crippen LogP contribution in [0.3, 0.4) is 0 Å². The summed E-state index contributed by atoms with van der Waals surface area (Å²) in [4.78, 5) is 0. The largest absolute Gasteiger partial charge is 0.433 e. The maximum atomic E-state index is 6.72. The second-order valence-electron chi connectivity index (χ2n) is 6.54. The molecule has 5 heteroatoms. The maximum absolute atomic E-state index is 6.72. The molecule has 0 amide bonds. The van der Waals surface area contributed by atoms with Crippen molar-refractivity contribution in [3.8, 4) is 0 Å². The topological polar surface area (TPSA) is 15.7 Å². The molecule has 2 aliphatic heterocycles. The zero-order valence-corrected chi connectivity index (χ0v) is 14.0. The molecule has 2 rings (SSSR count). The van der Waals surface area contributed by atoms with Crippen molar-refractivity contribution < 1.29 is 4.12 Å². The van der Waals surface area contributed by atoms with E-state index < -0.39 is 17.0 Å². The van der Waals surface area contributed by atoms with Crippen molar-refractivity contribution in [1.29, 1.82) is 0 Å². The van der Waals surface area contributed by atoms with Gasteiger partial charge >= 0.3 is 8.64 Å². The lowest BCUT2D eigenvalue weighted by Crippen LogP contribution is -2.67. The third-order valence-corrected chi connectivity index (χ3v) is 11.1. The van der Waals surface area contributed by atoms with Gasteiger partial charge in [-0.05, 0) is 78.1 Å². The molecule has 0 aliphatic carbocycles. The van der Waals surface area contributed by atoms with Crippen LogP contribution in [-0.2, 0) is 4.12 Å². The lowest BCUT2D eigenvalue weighted by atomic mass is 10.4. The second kappa shape index (κ2) is 5.13. The molecule has 0 aromatic rings. The van der Waals surface area contributed by atoms with E-state index in [-0.39, 0.29) is 0 Å². The summed E-state index contributed by atoms with van der Waals surface area (Å²) in [7, 11) is -3.24. The van der Waals surface area contributed by atoms with E-state index in [2.05, 4.69) is 35.3 Å². The SMILES string of the molecule is C[Si](C)(C)O[Si](C)(N1CCCC1)N1CCCC1. The van der Waals surface area contributed by atoms with Crippen LogP contribution in [0.1, 0.15) is 25.7 Å². The highest BCUT2D eigenvalue weighted by molar-refractivity contribution is 6.82. The van der Waals surface area contributed by atoms with Gasteiger partial charge in [0.15, 0.2) is 8.32 Å². The van der Waals surface area contributed by atoms with Gasteiger partial charge in [-0.15, -0.1) is 0 Å². The van der Waals surface area contributed by atoms with Crippen molar-refractivity contribution in [2.45, 2.75) is 51.9 Å². The molecule has 0 aromatic carbocycles. The average molecular weight is 273 g/mol. The predicted octanol–water partition coefficient (Wildman–Crippen LogP) is 2.60. The van der Waals surface area contributed by atoms with Gasteiger partial charge in [0.25, 0.3) is 0 Å². The summed E-state index contributed by atoms with van der Waals surface area (Å²) in [6.45, 7) is 14.5. The van der Waals surface area contributed by atoms with Crippen molar-refractivity contribution in [1.82, 2.24) is 9.13 Å². The van der Waals surface area contributed by atoms with E-state index >= 15 is 0 Å². The average Bonchev–Trinajstić information content (AvgIpc) is 2.89. The minimum Gasteiger partial charge on any atom is -0.433 e. The number of nitrogens with zero attached hydrogens (tertiary/aromatic N) is 2. The summed E-state index contributed by atoms with van der Waals surface area (Å²) in [6, 6.07) is 0. The summed E-state index contributed by atoms with van der Waals surface area (Å²) in [6.07, 6.45) is 5.47. The van der Waals surface area contributed by atoms with Gasteiger partial charge in [0.2, 0.25) is 0 Å². The minimum absolute atomic E-state index is 1.27. The molecule has 0 aromatic heterocycles. The molecule has 2 heterocycles. The Hall–Kier alpha value is 0.314. The number of rotatable bonds is 4. The van der Waals surface area contributed by atoms with Gasteiger partial charge < -0.3 is 4.12 Å². The fourth-order valence-electron chi connectivity index (χ4n) is 3.17. The van der Waals surface area contributed by atoms with E-state index in [1.807, 2.05) is 0 Å². The highest BCUT2D eigenvalue weighted by Gasteiger charge is 2.47. The zero-order chi connectivity index (χ0) is 12.5. The molecule has 0 radical (unpaired) electrons. The molecule has 2 saturated heterocycles. The Bertz CT molecular complexity index is 240. The van der Waals surface area contributed by atoms with Crippen LogP contribution in [0, 0.1) is 0 Å². The molecule has 17 heavy (non-hydrogen) atoms. The van der Waals surface area contributed by atoms with Crippen molar-refractivity contribution >= 4 is 17.0 Å². The summed E-state index contributed by atoms with van der Waals surface area (Å²) < 4.78 is 12.1. The molecule has 0 saturated carbocycles. The Labute approximate surface area is 109 Å². The second-order valence-corrected chi connectivity index (χ2v) is 14.7. The van der Waals surface area contributed by atoms with E-state index in [0.717, 1.165) is 0 Å². The van der Waals surface area contributed by atoms with Gasteiger partial charge in [0, 0.05) is 0 Å². The molecule has 0 unspecified atom stereocenters. The van der Waals surface area contributed by atoms with Gasteiger partial charge in [0.1, 0.15) is 0 Å². The number of hydrogen-bond acceptors (Lipinski definition) is 3. The van der Waals surface area contributed by atoms with Gasteiger partial charge in [0.05, 0.1) is 0 Å². The standard InChI is InChI=1S/C12H28N2OSi2/c1-16(2,3)15-17(4,13-9-5-6-10-13)14-11-7-8-12-14/h5-12H2,1-4H3. The molecule has 3 nitrogen and oxygen atoms in total. The Morgan fingerprint density at radius 3 is 1.35 bits per heavy atom. The van der Waals surface area contributed by atoms with E-state index in [9.17, 15) is 0 Å². The van der Waals surface area contributed by atoms with Crippen LogP contribution >= 0.6 is 0 Å². The molecule has 0 N–H and O–H groups in total. The summed E-state index contributed by atoms with van der Waals surface area (Å²) >= 11 is 0. The van der Waals surface area contributed by atoms with Gasteiger partial charge in [-0.2, -0.15) is 0 Å². The van der Waals surface area contributed by atoms with Crippen molar-refractivity contribution in [3.05, 3.63) is 0 Å². The highest BCUT2D eigenvalue weighted by Crippen LogP contribution is 2.28. The van der Waals surface area contributed by atoms with E-state index in [1.165, 1.54) is 51.9 Å². The van der Waals surface area contributed by atoms with E-state index in [1.54, 1.807) is 0 Å². The van der Waals surface area contributed by atoms with Crippen LogP contribution in [0.5, 0.6) is 0 Å². The normalized spacial score (nSPS) is 24.7. The predicted molar refractivity (Wildman–Crippen MR) is 77.7 cm³/mol. The Morgan fingerprint density at radius 1 is 0.706 bits per heavy atom. The molecular formula is C12H28N2OSi2. The van der Waals surface area contributed by atoms with Gasteiger partial charge in [-0.25, -0.2) is 0 Å². The van der Waals surface area contributed by atoms with Crippen molar-refractivity contribution in [2.24, 2.45) is 0 Å². The van der Waals surface area contributed by atoms with Crippen LogP contribution in [0.15, 0.2) is 0 Å². The third kappa shape index (κ3) is 3.20. The van der Waals surface area contributed by atoms with Gasteiger partial charge in [-0.3, -0.25) is 9.13 Å². The first-order valence-corrected chi connectivity index (χ1v) is 12.8. The molecule has 2 aliphatic rings. The van der Waals surface area contributed by atoms with Crippen LogP contribution < -0.4 is 0 Å². The van der Waals surface area contributed by atoms with Crippen LogP contribution in [-0.4, -0.2) is 52.3 Å². The highest BCUT2D eigenvalue weighted by atomic mass is 28.4. The molecule has 2 fully saturated rings. The fraction of sp³-hybridized carbons (Fsp3) is 1.00. The Kier molecular flexibility index (Phi) is 4.14. The maximum Gasteiger partial charge on any atom is 0.343 e. The lowest BCUT2D eigenvalue weighted by Gasteiger charge is -2.45. The quantitative estimate of drug-likeness (QED) is 0.732. The summed E-state index contributed by atoms with van der Waals surface area (Å²) in [5.41, 5.74) is 0. The smallest absolute Gasteiger partial charge is 0.343 e. The van der Waals surface area contributed by atoms with Crippen LogP contribution in [0.2, 0.25) is 26.2 Å². The molecular weight excluding hydrogens is 244 g/mol. The zero-order valence-electron chi connectivity index (χ0n) is 12.0. The Balaban J connectivity index is 2.14. The first-order valence-electron chi connectivity index (χ1n) is 7.12. The fourth-order valence-corrected chi connectivity index (χ4v) is 11.5. The lowest BCUT2D eigenvalue weighted by molar-refractivity contribution is 0.294. The summed E-state index contributed by atoms with van der Waals surface area (Å²) in [5.74, 6) is 0. The molecule has 0 bridgehead atoms. The molecule has 0 atom stereocenters.